The molecule has 2 nitrogen and oxygen atoms in total. The van der Waals surface area contributed by atoms with Crippen LogP contribution < -0.4 is 9.80 Å². The number of rotatable bonds is 10. The highest BCUT2D eigenvalue weighted by Gasteiger charge is 2.60. The van der Waals surface area contributed by atoms with E-state index in [-0.39, 0.29) is 0 Å². The second-order valence-electron chi connectivity index (χ2n) is 22.7. The lowest BCUT2D eigenvalue weighted by molar-refractivity contribution is 0.609. The Bertz CT molecular complexity index is 4390. The molecule has 0 bridgehead atoms. The summed E-state index contributed by atoms with van der Waals surface area (Å²) in [5.41, 5.74) is 20.1. The molecule has 4 heterocycles. The zero-order chi connectivity index (χ0) is 58.2. The van der Waals surface area contributed by atoms with Crippen molar-refractivity contribution in [2.45, 2.75) is 30.4 Å². The number of para-hydroxylation sites is 4. The van der Waals surface area contributed by atoms with Gasteiger partial charge in [-0.25, -0.2) is 0 Å². The Morgan fingerprint density at radius 2 is 0.466 bits per heavy atom. The summed E-state index contributed by atoms with van der Waals surface area (Å²) < 4.78 is 0. The van der Waals surface area contributed by atoms with Crippen LogP contribution in [0.4, 0.5) is 34.1 Å². The molecule has 17 rings (SSSR count). The number of hydrogen-bond acceptors (Lipinski definition) is 6. The highest BCUT2D eigenvalue weighted by Crippen LogP contribution is 2.70. The van der Waals surface area contributed by atoms with Crippen LogP contribution in [-0.4, -0.2) is 0 Å². The zero-order valence-corrected chi connectivity index (χ0v) is 51.0. The molecule has 12 aromatic carbocycles. The van der Waals surface area contributed by atoms with Crippen LogP contribution in [0.5, 0.6) is 0 Å². The van der Waals surface area contributed by atoms with Crippen molar-refractivity contribution in [2.24, 2.45) is 0 Å². The first kappa shape index (κ1) is 52.7. The molecular formula is C82H54N2S4. The standard InChI is InChI=1S/C82H54N2S4/c1-7-27-55(28-8-1)57-47-59(51-65(49-57)83(61-31-11-3-12-32-61)62-33-13-4-14-34-62)77-53-71-79(87-77)82(69-41-21-25-45-75(69)86-76-46-26-22-42-70(76)82)72-54-78(88-80(72)81(71)67-39-19-23-43-73(67)85-74-44-24-20-40-68(74)81)60-48-58(56-29-9-2-10-30-56)50-66(52-60)84(63-35-15-5-16-36-63)64-37-17-6-18-38-64/h1-54H. The molecule has 6 heteroatoms. The van der Waals surface area contributed by atoms with Gasteiger partial charge in [-0.3, -0.25) is 0 Å². The normalized spacial score (nSPS) is 13.5. The van der Waals surface area contributed by atoms with Gasteiger partial charge in [-0.15, -0.1) is 22.7 Å². The third kappa shape index (κ3) is 8.46. The van der Waals surface area contributed by atoms with Crippen LogP contribution in [0.15, 0.2) is 347 Å². The van der Waals surface area contributed by atoms with E-state index in [1.54, 1.807) is 0 Å². The smallest absolute Gasteiger partial charge is 0.0831 e. The summed E-state index contributed by atoms with van der Waals surface area (Å²) >= 11 is 7.78. The van der Waals surface area contributed by atoms with Crippen molar-refractivity contribution in [1.29, 1.82) is 0 Å². The third-order valence-corrected chi connectivity index (χ3v) is 22.7. The second-order valence-corrected chi connectivity index (χ2v) is 26.9. The summed E-state index contributed by atoms with van der Waals surface area (Å²) in [5.74, 6) is 0. The minimum Gasteiger partial charge on any atom is -0.310 e. The number of thiophene rings is 2. The van der Waals surface area contributed by atoms with Gasteiger partial charge in [0, 0.05) is 73.2 Å². The third-order valence-electron chi connectivity index (χ3n) is 17.8. The Labute approximate surface area is 530 Å². The Morgan fingerprint density at radius 1 is 0.205 bits per heavy atom. The molecule has 0 atom stereocenters. The largest absolute Gasteiger partial charge is 0.310 e. The van der Waals surface area contributed by atoms with Crippen LogP contribution in [0, 0.1) is 0 Å². The molecule has 0 saturated carbocycles. The Morgan fingerprint density at radius 3 is 0.773 bits per heavy atom. The molecule has 0 amide bonds. The van der Waals surface area contributed by atoms with Crippen LogP contribution in [0.1, 0.15) is 43.1 Å². The molecular weight excluding hydrogens is 1140 g/mol. The molecule has 3 aliphatic rings. The van der Waals surface area contributed by atoms with Gasteiger partial charge < -0.3 is 9.80 Å². The van der Waals surface area contributed by atoms with E-state index in [1.165, 1.54) is 94.7 Å². The van der Waals surface area contributed by atoms with E-state index in [4.69, 9.17) is 0 Å². The minimum atomic E-state index is -0.722. The molecule has 0 unspecified atom stereocenters. The second kappa shape index (κ2) is 21.6. The number of anilines is 6. The summed E-state index contributed by atoms with van der Waals surface area (Å²) in [4.78, 5) is 15.1. The summed E-state index contributed by atoms with van der Waals surface area (Å²) in [6.07, 6.45) is 0. The predicted molar refractivity (Wildman–Crippen MR) is 372 cm³/mol. The molecule has 2 aromatic heterocycles. The first-order valence-electron chi connectivity index (χ1n) is 29.9. The predicted octanol–water partition coefficient (Wildman–Crippen LogP) is 23.4. The average molecular weight is 1200 g/mol. The average Bonchev–Trinajstić information content (AvgIpc) is 1.19. The van der Waals surface area contributed by atoms with E-state index in [1.807, 2.05) is 46.2 Å². The first-order chi connectivity index (χ1) is 43.6. The van der Waals surface area contributed by atoms with E-state index in [0.717, 1.165) is 45.3 Å². The molecule has 88 heavy (non-hydrogen) atoms. The maximum Gasteiger partial charge on any atom is 0.0831 e. The van der Waals surface area contributed by atoms with Crippen LogP contribution in [-0.2, 0) is 10.8 Å². The lowest BCUT2D eigenvalue weighted by Crippen LogP contribution is -2.45. The van der Waals surface area contributed by atoms with Crippen LogP contribution in [0.25, 0.3) is 43.1 Å². The highest BCUT2D eigenvalue weighted by molar-refractivity contribution is 7.99. The lowest BCUT2D eigenvalue weighted by atomic mass is 9.55. The fraction of sp³-hybridized carbons (Fsp3) is 0.0244. The fourth-order valence-electron chi connectivity index (χ4n) is 14.0. The van der Waals surface area contributed by atoms with Crippen LogP contribution in [0.2, 0.25) is 0 Å². The van der Waals surface area contributed by atoms with E-state index in [0.29, 0.717) is 0 Å². The summed E-state index contributed by atoms with van der Waals surface area (Å²) in [6, 6.07) is 122. The molecule has 416 valence electrons. The Hall–Kier alpha value is -9.66. The van der Waals surface area contributed by atoms with Crippen molar-refractivity contribution in [3.8, 4) is 43.1 Å². The van der Waals surface area contributed by atoms with Crippen molar-refractivity contribution in [3.63, 3.8) is 0 Å². The minimum absolute atomic E-state index is 0.722. The maximum absolute atomic E-state index is 2.63. The van der Waals surface area contributed by atoms with E-state index in [2.05, 4.69) is 337 Å². The van der Waals surface area contributed by atoms with Gasteiger partial charge in [0.1, 0.15) is 0 Å². The van der Waals surface area contributed by atoms with Gasteiger partial charge in [0.2, 0.25) is 0 Å². The summed E-state index contributed by atoms with van der Waals surface area (Å²) in [5, 5.41) is 0. The van der Waals surface area contributed by atoms with Gasteiger partial charge in [0.15, 0.2) is 0 Å². The van der Waals surface area contributed by atoms with Gasteiger partial charge in [-0.2, -0.15) is 0 Å². The number of fused-ring (bicyclic) bond motifs is 14. The van der Waals surface area contributed by atoms with E-state index >= 15 is 0 Å². The Balaban J connectivity index is 0.994. The van der Waals surface area contributed by atoms with E-state index < -0.39 is 10.8 Å². The van der Waals surface area contributed by atoms with Crippen LogP contribution in [0.3, 0.4) is 0 Å². The van der Waals surface area contributed by atoms with Gasteiger partial charge in [-0.05, 0) is 188 Å². The number of nitrogens with zero attached hydrogens (tertiary/aromatic N) is 2. The summed E-state index contributed by atoms with van der Waals surface area (Å²) in [6.45, 7) is 0. The van der Waals surface area contributed by atoms with Crippen molar-refractivity contribution in [2.75, 3.05) is 9.80 Å². The fourth-order valence-corrected chi connectivity index (χ4v) is 19.3. The zero-order valence-electron chi connectivity index (χ0n) is 47.7. The lowest BCUT2D eigenvalue weighted by Gasteiger charge is -2.51. The van der Waals surface area contributed by atoms with Crippen molar-refractivity contribution in [3.05, 3.63) is 371 Å². The first-order valence-corrected chi connectivity index (χ1v) is 33.1. The molecule has 0 fully saturated rings. The molecule has 0 radical (unpaired) electrons. The van der Waals surface area contributed by atoms with Crippen molar-refractivity contribution >= 4 is 80.3 Å². The van der Waals surface area contributed by atoms with E-state index in [9.17, 15) is 0 Å². The van der Waals surface area contributed by atoms with Crippen molar-refractivity contribution in [1.82, 2.24) is 0 Å². The highest BCUT2D eigenvalue weighted by atomic mass is 32.2. The topological polar surface area (TPSA) is 6.48 Å². The number of benzene rings is 12. The van der Waals surface area contributed by atoms with Gasteiger partial charge >= 0.3 is 0 Å². The molecule has 14 aromatic rings. The van der Waals surface area contributed by atoms with Gasteiger partial charge in [0.25, 0.3) is 0 Å². The van der Waals surface area contributed by atoms with Crippen LogP contribution >= 0.6 is 46.2 Å². The monoisotopic (exact) mass is 1190 g/mol. The quantitative estimate of drug-likeness (QED) is 0.135. The molecule has 2 aliphatic heterocycles. The molecule has 0 saturated heterocycles. The molecule has 0 N–H and O–H groups in total. The SMILES string of the molecule is c1ccc(-c2cc(-c3cc4c(s3)C3(c5ccccc5Sc5ccccc53)c3cc(-c5cc(-c6ccccc6)cc(N(c6ccccc6)c6ccccc6)c5)sc3C43c4ccccc4Sc4ccccc43)cc(N(c3ccccc3)c3ccccc3)c2)cc1. The summed E-state index contributed by atoms with van der Waals surface area (Å²) in [7, 11) is 0. The number of hydrogen-bond donors (Lipinski definition) is 0. The van der Waals surface area contributed by atoms with Gasteiger partial charge in [-0.1, -0.05) is 230 Å². The Kier molecular flexibility index (Phi) is 12.9. The maximum atomic E-state index is 2.63. The molecule has 1 aliphatic carbocycles. The van der Waals surface area contributed by atoms with Gasteiger partial charge in [0.05, 0.1) is 10.8 Å². The van der Waals surface area contributed by atoms with Crippen molar-refractivity contribution < 1.29 is 0 Å². The molecule has 2 spiro atoms.